The number of piperidine rings is 1. The van der Waals surface area contributed by atoms with Gasteiger partial charge in [-0.2, -0.15) is 0 Å². The van der Waals surface area contributed by atoms with Gasteiger partial charge in [0, 0.05) is 12.6 Å². The van der Waals surface area contributed by atoms with Crippen molar-refractivity contribution in [3.05, 3.63) is 0 Å². The molecule has 110 valence electrons. The lowest BCUT2D eigenvalue weighted by molar-refractivity contribution is 0.0763. The van der Waals surface area contributed by atoms with Gasteiger partial charge in [-0.25, -0.2) is 0 Å². The first-order valence-corrected chi connectivity index (χ1v) is 8.46. The summed E-state index contributed by atoms with van der Waals surface area (Å²) in [5.41, 5.74) is 0. The van der Waals surface area contributed by atoms with Crippen LogP contribution in [0.2, 0.25) is 0 Å². The van der Waals surface area contributed by atoms with Crippen LogP contribution >= 0.6 is 0 Å². The zero-order valence-electron chi connectivity index (χ0n) is 12.3. The molecule has 3 rings (SSSR count). The molecular weight excluding hydrogens is 236 g/mol. The minimum Gasteiger partial charge on any atom is -0.393 e. The highest BCUT2D eigenvalue weighted by Crippen LogP contribution is 2.27. The standard InChI is InChI=1S/C16H30N2O/c19-16-5-3-14(4-6-16)13-17-11-7-15(8-12-17)18-9-1-2-10-18/h14-16,19H,1-13H2. The number of hydrogen-bond donors (Lipinski definition) is 1. The van der Waals surface area contributed by atoms with Gasteiger partial charge in [0.1, 0.15) is 0 Å². The Balaban J connectivity index is 1.38. The zero-order valence-corrected chi connectivity index (χ0v) is 12.3. The summed E-state index contributed by atoms with van der Waals surface area (Å²) >= 11 is 0. The van der Waals surface area contributed by atoms with Crippen molar-refractivity contribution >= 4 is 0 Å². The van der Waals surface area contributed by atoms with Crippen LogP contribution in [0, 0.1) is 5.92 Å². The van der Waals surface area contributed by atoms with Gasteiger partial charge in [0.15, 0.2) is 0 Å². The van der Waals surface area contributed by atoms with Crippen LogP contribution in [0.3, 0.4) is 0 Å². The Kier molecular flexibility index (Phi) is 4.78. The third-order valence-corrected chi connectivity index (χ3v) is 5.55. The molecule has 19 heavy (non-hydrogen) atoms. The number of aliphatic hydroxyl groups is 1. The van der Waals surface area contributed by atoms with E-state index in [0.29, 0.717) is 0 Å². The molecule has 3 fully saturated rings. The van der Waals surface area contributed by atoms with Gasteiger partial charge in [0.2, 0.25) is 0 Å². The quantitative estimate of drug-likeness (QED) is 0.847. The van der Waals surface area contributed by atoms with Crippen LogP contribution in [0.1, 0.15) is 51.4 Å². The Morgan fingerprint density at radius 3 is 2.05 bits per heavy atom. The molecule has 0 aromatic heterocycles. The zero-order chi connectivity index (χ0) is 13.1. The molecule has 0 spiro atoms. The minimum absolute atomic E-state index is 0.00264. The minimum atomic E-state index is -0.00264. The van der Waals surface area contributed by atoms with Gasteiger partial charge in [-0.05, 0) is 83.5 Å². The third kappa shape index (κ3) is 3.71. The number of aliphatic hydroxyl groups excluding tert-OH is 1. The van der Waals surface area contributed by atoms with Crippen LogP contribution in [0.5, 0.6) is 0 Å². The highest BCUT2D eigenvalue weighted by atomic mass is 16.3. The molecule has 1 aliphatic carbocycles. The van der Waals surface area contributed by atoms with Crippen molar-refractivity contribution < 1.29 is 5.11 Å². The molecule has 2 heterocycles. The Morgan fingerprint density at radius 1 is 0.789 bits per heavy atom. The summed E-state index contributed by atoms with van der Waals surface area (Å²) in [5, 5.41) is 9.57. The van der Waals surface area contributed by atoms with Gasteiger partial charge in [0.25, 0.3) is 0 Å². The summed E-state index contributed by atoms with van der Waals surface area (Å²) in [6.45, 7) is 6.61. The fraction of sp³-hybridized carbons (Fsp3) is 1.00. The Hall–Kier alpha value is -0.120. The molecule has 0 bridgehead atoms. The van der Waals surface area contributed by atoms with E-state index in [-0.39, 0.29) is 6.10 Å². The number of likely N-dealkylation sites (tertiary alicyclic amines) is 2. The number of rotatable bonds is 3. The van der Waals surface area contributed by atoms with Crippen molar-refractivity contribution in [3.63, 3.8) is 0 Å². The molecule has 3 nitrogen and oxygen atoms in total. The molecule has 0 aromatic rings. The van der Waals surface area contributed by atoms with Crippen molar-refractivity contribution in [1.29, 1.82) is 0 Å². The molecule has 0 amide bonds. The first-order chi connectivity index (χ1) is 9.31. The molecule has 3 aliphatic rings. The first kappa shape index (κ1) is 13.8. The molecule has 3 heteroatoms. The summed E-state index contributed by atoms with van der Waals surface area (Å²) < 4.78 is 0. The largest absolute Gasteiger partial charge is 0.393 e. The van der Waals surface area contributed by atoms with Gasteiger partial charge >= 0.3 is 0 Å². The van der Waals surface area contributed by atoms with E-state index in [1.54, 1.807) is 0 Å². The van der Waals surface area contributed by atoms with Crippen LogP contribution in [-0.2, 0) is 0 Å². The molecule has 1 N–H and O–H groups in total. The Labute approximate surface area is 118 Å². The van der Waals surface area contributed by atoms with E-state index in [2.05, 4.69) is 9.80 Å². The highest BCUT2D eigenvalue weighted by molar-refractivity contribution is 4.84. The van der Waals surface area contributed by atoms with Gasteiger partial charge in [-0.1, -0.05) is 0 Å². The fourth-order valence-electron chi connectivity index (χ4n) is 4.27. The van der Waals surface area contributed by atoms with Crippen LogP contribution in [0.25, 0.3) is 0 Å². The van der Waals surface area contributed by atoms with Gasteiger partial charge in [-0.15, -0.1) is 0 Å². The maximum atomic E-state index is 9.57. The van der Waals surface area contributed by atoms with E-state index in [0.717, 1.165) is 24.8 Å². The van der Waals surface area contributed by atoms with E-state index >= 15 is 0 Å². The van der Waals surface area contributed by atoms with Crippen LogP contribution in [-0.4, -0.2) is 59.8 Å². The van der Waals surface area contributed by atoms with E-state index in [1.165, 1.54) is 71.2 Å². The van der Waals surface area contributed by atoms with Crippen molar-refractivity contribution in [3.8, 4) is 0 Å². The molecule has 0 atom stereocenters. The van der Waals surface area contributed by atoms with Crippen molar-refractivity contribution in [1.82, 2.24) is 9.80 Å². The average Bonchev–Trinajstić information content (AvgIpc) is 2.96. The van der Waals surface area contributed by atoms with Crippen molar-refractivity contribution in [2.75, 3.05) is 32.7 Å². The maximum absolute atomic E-state index is 9.57. The van der Waals surface area contributed by atoms with E-state index in [4.69, 9.17) is 0 Å². The molecule has 0 unspecified atom stereocenters. The first-order valence-electron chi connectivity index (χ1n) is 8.46. The predicted molar refractivity (Wildman–Crippen MR) is 78.2 cm³/mol. The number of hydrogen-bond acceptors (Lipinski definition) is 3. The van der Waals surface area contributed by atoms with Gasteiger partial charge < -0.3 is 14.9 Å². The lowest BCUT2D eigenvalue weighted by Gasteiger charge is -2.38. The van der Waals surface area contributed by atoms with Gasteiger partial charge in [0.05, 0.1) is 6.10 Å². The topological polar surface area (TPSA) is 26.7 Å². The molecule has 2 aliphatic heterocycles. The summed E-state index contributed by atoms with van der Waals surface area (Å²) in [5.74, 6) is 0.853. The summed E-state index contributed by atoms with van der Waals surface area (Å²) in [7, 11) is 0. The third-order valence-electron chi connectivity index (χ3n) is 5.55. The molecule has 0 radical (unpaired) electrons. The average molecular weight is 266 g/mol. The Morgan fingerprint density at radius 2 is 1.42 bits per heavy atom. The van der Waals surface area contributed by atoms with E-state index < -0.39 is 0 Å². The second-order valence-electron chi connectivity index (χ2n) is 6.95. The second-order valence-corrected chi connectivity index (χ2v) is 6.95. The summed E-state index contributed by atoms with van der Waals surface area (Å²) in [4.78, 5) is 5.42. The van der Waals surface area contributed by atoms with Crippen molar-refractivity contribution in [2.45, 2.75) is 63.5 Å². The molecule has 2 saturated heterocycles. The highest BCUT2D eigenvalue weighted by Gasteiger charge is 2.28. The van der Waals surface area contributed by atoms with Crippen molar-refractivity contribution in [2.24, 2.45) is 5.92 Å². The molecule has 1 saturated carbocycles. The van der Waals surface area contributed by atoms with Crippen LogP contribution < -0.4 is 0 Å². The van der Waals surface area contributed by atoms with Crippen LogP contribution in [0.4, 0.5) is 0 Å². The lowest BCUT2D eigenvalue weighted by Crippen LogP contribution is -2.45. The lowest BCUT2D eigenvalue weighted by atomic mass is 9.86. The normalized spacial score (nSPS) is 35.8. The smallest absolute Gasteiger partial charge is 0.0540 e. The summed E-state index contributed by atoms with van der Waals surface area (Å²) in [6, 6.07) is 0.881. The second kappa shape index (κ2) is 6.55. The monoisotopic (exact) mass is 266 g/mol. The Bertz CT molecular complexity index is 262. The summed E-state index contributed by atoms with van der Waals surface area (Å²) in [6.07, 6.45) is 10.2. The van der Waals surface area contributed by atoms with Crippen LogP contribution in [0.15, 0.2) is 0 Å². The SMILES string of the molecule is OC1CCC(CN2CCC(N3CCCC3)CC2)CC1. The maximum Gasteiger partial charge on any atom is 0.0540 e. The van der Waals surface area contributed by atoms with E-state index in [9.17, 15) is 5.11 Å². The van der Waals surface area contributed by atoms with E-state index in [1.807, 2.05) is 0 Å². The molecular formula is C16H30N2O. The predicted octanol–water partition coefficient (Wildman–Crippen LogP) is 2.10. The van der Waals surface area contributed by atoms with Gasteiger partial charge in [-0.3, -0.25) is 0 Å². The fourth-order valence-corrected chi connectivity index (χ4v) is 4.27. The number of nitrogens with zero attached hydrogens (tertiary/aromatic N) is 2. The molecule has 0 aromatic carbocycles.